The van der Waals surface area contributed by atoms with Gasteiger partial charge in [-0.25, -0.2) is 0 Å². The Labute approximate surface area is 249 Å². The van der Waals surface area contributed by atoms with Crippen LogP contribution in [0.5, 0.6) is 0 Å². The van der Waals surface area contributed by atoms with E-state index in [1.165, 1.54) is 96.3 Å². The van der Waals surface area contributed by atoms with Crippen LogP contribution in [0, 0.1) is 0 Å². The second-order valence-corrected chi connectivity index (χ2v) is 11.6. The fourth-order valence-electron chi connectivity index (χ4n) is 5.12. The number of hydrogen-bond donors (Lipinski definition) is 4. The van der Waals surface area contributed by atoms with Gasteiger partial charge in [0.2, 0.25) is 0 Å². The van der Waals surface area contributed by atoms with Crippen LogP contribution in [0.15, 0.2) is 0 Å². The first-order chi connectivity index (χ1) is 19.9. The van der Waals surface area contributed by atoms with Crippen molar-refractivity contribution in [1.29, 1.82) is 0 Å². The van der Waals surface area contributed by atoms with Crippen LogP contribution in [0.25, 0.3) is 0 Å². The third-order valence-corrected chi connectivity index (χ3v) is 7.74. The van der Waals surface area contributed by atoms with Gasteiger partial charge in [0.15, 0.2) is 6.29 Å². The molecular weight excluding hydrogens is 528 g/mol. The van der Waals surface area contributed by atoms with Crippen LogP contribution in [0.4, 0.5) is 0 Å². The van der Waals surface area contributed by atoms with Gasteiger partial charge in [-0.2, -0.15) is 0 Å². The summed E-state index contributed by atoms with van der Waals surface area (Å²) in [7, 11) is 0. The molecule has 9 nitrogen and oxygen atoms in total. The molecule has 0 amide bonds. The van der Waals surface area contributed by atoms with E-state index in [1.54, 1.807) is 0 Å². The molecule has 4 N–H and O–H groups in total. The Bertz CT molecular complexity index is 604. The second kappa shape index (κ2) is 25.7. The predicted molar refractivity (Wildman–Crippen MR) is 159 cm³/mol. The Balaban J connectivity index is 2.10. The van der Waals surface area contributed by atoms with Gasteiger partial charge in [0, 0.05) is 13.0 Å². The Kier molecular flexibility index (Phi) is 23.9. The summed E-state index contributed by atoms with van der Waals surface area (Å²) in [5, 5.41) is 39.4. The van der Waals surface area contributed by atoms with Gasteiger partial charge in [0.1, 0.15) is 30.5 Å². The van der Waals surface area contributed by atoms with Crippen LogP contribution in [0.2, 0.25) is 0 Å². The monoisotopic (exact) mass is 590 g/mol. The maximum absolute atomic E-state index is 12.0. The fourth-order valence-corrected chi connectivity index (χ4v) is 5.12. The largest absolute Gasteiger partial charge is 0.457 e. The van der Waals surface area contributed by atoms with Gasteiger partial charge in [-0.05, 0) is 12.8 Å². The average Bonchev–Trinajstić information content (AvgIpc) is 2.96. The molecule has 0 spiro atoms. The van der Waals surface area contributed by atoms with Gasteiger partial charge in [0.25, 0.3) is 0 Å². The molecule has 1 fully saturated rings. The summed E-state index contributed by atoms with van der Waals surface area (Å²) in [6.45, 7) is 4.20. The van der Waals surface area contributed by atoms with Crippen LogP contribution in [0.1, 0.15) is 136 Å². The van der Waals surface area contributed by atoms with Crippen LogP contribution in [-0.4, -0.2) is 89.6 Å². The predicted octanol–water partition coefficient (Wildman–Crippen LogP) is 5.18. The maximum Gasteiger partial charge on any atom is 0.306 e. The molecule has 0 aromatic rings. The quantitative estimate of drug-likeness (QED) is 0.0754. The van der Waals surface area contributed by atoms with Crippen molar-refractivity contribution in [3.63, 3.8) is 0 Å². The lowest BCUT2D eigenvalue weighted by Crippen LogP contribution is -2.59. The smallest absolute Gasteiger partial charge is 0.306 e. The third kappa shape index (κ3) is 18.5. The zero-order chi connectivity index (χ0) is 30.1. The van der Waals surface area contributed by atoms with Gasteiger partial charge in [-0.1, -0.05) is 117 Å². The Morgan fingerprint density at radius 1 is 0.683 bits per heavy atom. The van der Waals surface area contributed by atoms with E-state index >= 15 is 0 Å². The highest BCUT2D eigenvalue weighted by molar-refractivity contribution is 5.69. The average molecular weight is 591 g/mol. The normalized spacial score (nSPS) is 23.5. The first kappa shape index (κ1) is 38.2. The summed E-state index contributed by atoms with van der Waals surface area (Å²) < 4.78 is 22.2. The second-order valence-electron chi connectivity index (χ2n) is 11.6. The van der Waals surface area contributed by atoms with Crippen molar-refractivity contribution in [2.45, 2.75) is 173 Å². The minimum Gasteiger partial charge on any atom is -0.457 e. The molecule has 0 aliphatic carbocycles. The van der Waals surface area contributed by atoms with E-state index in [0.29, 0.717) is 13.0 Å². The number of hydrogen-bond acceptors (Lipinski definition) is 9. The summed E-state index contributed by atoms with van der Waals surface area (Å²) in [5.74, 6) is -0.365. The van der Waals surface area contributed by atoms with Crippen molar-refractivity contribution < 1.29 is 44.2 Å². The van der Waals surface area contributed by atoms with Crippen molar-refractivity contribution in [1.82, 2.24) is 0 Å². The van der Waals surface area contributed by atoms with Crippen molar-refractivity contribution in [2.75, 3.05) is 26.4 Å². The van der Waals surface area contributed by atoms with Gasteiger partial charge in [-0.15, -0.1) is 0 Å². The molecule has 1 saturated heterocycles. The van der Waals surface area contributed by atoms with Gasteiger partial charge in [-0.3, -0.25) is 4.79 Å². The molecule has 0 aromatic carbocycles. The lowest BCUT2D eigenvalue weighted by Gasteiger charge is -2.39. The van der Waals surface area contributed by atoms with Gasteiger partial charge < -0.3 is 39.4 Å². The molecule has 41 heavy (non-hydrogen) atoms. The van der Waals surface area contributed by atoms with Crippen molar-refractivity contribution >= 4 is 5.97 Å². The highest BCUT2D eigenvalue weighted by Crippen LogP contribution is 2.22. The van der Waals surface area contributed by atoms with Crippen LogP contribution in [0.3, 0.4) is 0 Å². The Morgan fingerprint density at radius 2 is 1.20 bits per heavy atom. The minimum absolute atomic E-state index is 0.114. The standard InChI is InChI=1S/C32H62O9/c1-3-5-6-7-8-9-10-11-12-13-14-15-16-17-18-19-20-22-38-24-26(40-28(34)21-4-2)25-39-32-31(37)30(36)29(35)27(23-33)41-32/h26-27,29-33,35-37H,3-25H2,1-2H3. The molecule has 6 unspecified atom stereocenters. The van der Waals surface area contributed by atoms with Crippen molar-refractivity contribution in [2.24, 2.45) is 0 Å². The molecule has 0 radical (unpaired) electrons. The van der Waals surface area contributed by atoms with E-state index in [9.17, 15) is 25.2 Å². The van der Waals surface area contributed by atoms with E-state index < -0.39 is 43.4 Å². The lowest BCUT2D eigenvalue weighted by molar-refractivity contribution is -0.305. The van der Waals surface area contributed by atoms with E-state index in [2.05, 4.69) is 6.92 Å². The molecule has 0 aromatic heterocycles. The SMILES string of the molecule is CCCCCCCCCCCCCCCCCCCOCC(COC1OC(CO)C(O)C(O)C1O)OC(=O)CCC. The van der Waals surface area contributed by atoms with Crippen LogP contribution < -0.4 is 0 Å². The Morgan fingerprint density at radius 3 is 1.68 bits per heavy atom. The summed E-state index contributed by atoms with van der Waals surface area (Å²) in [4.78, 5) is 12.0. The number of rotatable bonds is 27. The van der Waals surface area contributed by atoms with Crippen molar-refractivity contribution in [3.8, 4) is 0 Å². The molecule has 244 valence electrons. The van der Waals surface area contributed by atoms with Crippen LogP contribution in [-0.2, 0) is 23.7 Å². The van der Waals surface area contributed by atoms with E-state index in [-0.39, 0.29) is 25.6 Å². The molecule has 1 rings (SSSR count). The summed E-state index contributed by atoms with van der Waals surface area (Å²) in [5.41, 5.74) is 0. The molecular formula is C32H62O9. The summed E-state index contributed by atoms with van der Waals surface area (Å²) >= 11 is 0. The van der Waals surface area contributed by atoms with E-state index in [4.69, 9.17) is 18.9 Å². The number of ether oxygens (including phenoxy) is 4. The zero-order valence-electron chi connectivity index (χ0n) is 26.1. The van der Waals surface area contributed by atoms with Gasteiger partial charge >= 0.3 is 5.97 Å². The Hall–Kier alpha value is -0.810. The number of unbranched alkanes of at least 4 members (excludes halogenated alkanes) is 16. The van der Waals surface area contributed by atoms with Gasteiger partial charge in [0.05, 0.1) is 19.8 Å². The third-order valence-electron chi connectivity index (χ3n) is 7.74. The highest BCUT2D eigenvalue weighted by atomic mass is 16.7. The molecule has 1 heterocycles. The van der Waals surface area contributed by atoms with Crippen LogP contribution >= 0.6 is 0 Å². The zero-order valence-corrected chi connectivity index (χ0v) is 26.1. The number of esters is 1. The highest BCUT2D eigenvalue weighted by Gasteiger charge is 2.44. The molecule has 1 aliphatic heterocycles. The molecule has 0 bridgehead atoms. The molecule has 6 atom stereocenters. The number of carbonyl (C=O) groups is 1. The molecule has 1 aliphatic rings. The van der Waals surface area contributed by atoms with E-state index in [1.807, 2.05) is 6.92 Å². The maximum atomic E-state index is 12.0. The number of carbonyl (C=O) groups excluding carboxylic acids is 1. The molecule has 0 saturated carbocycles. The van der Waals surface area contributed by atoms with Crippen molar-refractivity contribution in [3.05, 3.63) is 0 Å². The van der Waals surface area contributed by atoms with E-state index in [0.717, 1.165) is 12.8 Å². The fraction of sp³-hybridized carbons (Fsp3) is 0.969. The summed E-state index contributed by atoms with van der Waals surface area (Å²) in [6.07, 6.45) is 15.8. The molecule has 9 heteroatoms. The topological polar surface area (TPSA) is 135 Å². The summed E-state index contributed by atoms with van der Waals surface area (Å²) in [6, 6.07) is 0. The number of aliphatic hydroxyl groups is 4. The first-order valence-electron chi connectivity index (χ1n) is 16.6. The number of aliphatic hydroxyl groups excluding tert-OH is 4. The minimum atomic E-state index is -1.53. The lowest BCUT2D eigenvalue weighted by atomic mass is 9.99. The first-order valence-corrected chi connectivity index (χ1v) is 16.6.